The molecule has 132 valence electrons. The van der Waals surface area contributed by atoms with Gasteiger partial charge in [-0.15, -0.1) is 0 Å². The molecule has 0 bridgehead atoms. The summed E-state index contributed by atoms with van der Waals surface area (Å²) in [6, 6.07) is 4.71. The van der Waals surface area contributed by atoms with Crippen LogP contribution in [0.5, 0.6) is 0 Å². The summed E-state index contributed by atoms with van der Waals surface area (Å²) < 4.78 is 0. The van der Waals surface area contributed by atoms with E-state index in [2.05, 4.69) is 32.8 Å². The van der Waals surface area contributed by atoms with Crippen molar-refractivity contribution in [2.75, 3.05) is 39.8 Å². The first-order valence-corrected chi connectivity index (χ1v) is 9.31. The summed E-state index contributed by atoms with van der Waals surface area (Å²) in [4.78, 5) is 23.6. The van der Waals surface area contributed by atoms with Gasteiger partial charge in [-0.1, -0.05) is 12.5 Å². The van der Waals surface area contributed by atoms with Crippen molar-refractivity contribution in [3.05, 3.63) is 30.1 Å². The molecule has 2 fully saturated rings. The lowest BCUT2D eigenvalue weighted by molar-refractivity contribution is -0.133. The van der Waals surface area contributed by atoms with Crippen molar-refractivity contribution in [1.82, 2.24) is 19.7 Å². The number of nitrogens with zero attached hydrogens (tertiary/aromatic N) is 4. The molecule has 1 atom stereocenters. The Bertz CT molecular complexity index is 513. The fraction of sp³-hybridized carbons (Fsp3) is 0.684. The minimum atomic E-state index is 0.343. The highest BCUT2D eigenvalue weighted by atomic mass is 16.2. The van der Waals surface area contributed by atoms with Crippen LogP contribution < -0.4 is 0 Å². The van der Waals surface area contributed by atoms with Gasteiger partial charge in [-0.3, -0.25) is 14.7 Å². The predicted molar refractivity (Wildman–Crippen MR) is 95.6 cm³/mol. The molecule has 3 rings (SSSR count). The van der Waals surface area contributed by atoms with Gasteiger partial charge < -0.3 is 9.80 Å². The van der Waals surface area contributed by atoms with Crippen LogP contribution >= 0.6 is 0 Å². The molecule has 1 amide bonds. The van der Waals surface area contributed by atoms with Gasteiger partial charge in [0.1, 0.15) is 0 Å². The van der Waals surface area contributed by atoms with E-state index in [1.54, 1.807) is 0 Å². The van der Waals surface area contributed by atoms with E-state index >= 15 is 0 Å². The van der Waals surface area contributed by atoms with Crippen LogP contribution in [-0.4, -0.2) is 71.4 Å². The second-order valence-electron chi connectivity index (χ2n) is 7.19. The van der Waals surface area contributed by atoms with Gasteiger partial charge in [-0.2, -0.15) is 0 Å². The number of pyridine rings is 1. The van der Waals surface area contributed by atoms with E-state index in [0.29, 0.717) is 18.4 Å². The highest BCUT2D eigenvalue weighted by molar-refractivity contribution is 5.76. The SMILES string of the molecule is CN1CCCCC1CCC(=O)N1CCN(Cc2cccnc2)CC1. The topological polar surface area (TPSA) is 39.7 Å². The summed E-state index contributed by atoms with van der Waals surface area (Å²) in [5.74, 6) is 0.343. The molecule has 2 aliphatic heterocycles. The van der Waals surface area contributed by atoms with Gasteiger partial charge in [-0.05, 0) is 44.5 Å². The molecule has 2 saturated heterocycles. The van der Waals surface area contributed by atoms with Crippen molar-refractivity contribution in [2.24, 2.45) is 0 Å². The van der Waals surface area contributed by atoms with Crippen molar-refractivity contribution in [1.29, 1.82) is 0 Å². The van der Waals surface area contributed by atoms with E-state index in [1.165, 1.54) is 31.4 Å². The molecule has 3 heterocycles. The number of aromatic nitrogens is 1. The van der Waals surface area contributed by atoms with Crippen LogP contribution in [0.25, 0.3) is 0 Å². The average Bonchev–Trinajstić information content (AvgIpc) is 2.62. The minimum absolute atomic E-state index is 0.343. The predicted octanol–water partition coefficient (Wildman–Crippen LogP) is 1.99. The first-order valence-electron chi connectivity index (χ1n) is 9.31. The number of rotatable bonds is 5. The molecular formula is C19H30N4O. The van der Waals surface area contributed by atoms with E-state index in [9.17, 15) is 4.79 Å². The zero-order chi connectivity index (χ0) is 16.8. The zero-order valence-electron chi connectivity index (χ0n) is 14.9. The third kappa shape index (κ3) is 4.77. The van der Waals surface area contributed by atoms with E-state index in [4.69, 9.17) is 0 Å². The summed E-state index contributed by atoms with van der Waals surface area (Å²) in [5.41, 5.74) is 1.25. The summed E-state index contributed by atoms with van der Waals surface area (Å²) >= 11 is 0. The molecule has 0 N–H and O–H groups in total. The Kier molecular flexibility index (Phi) is 6.21. The van der Waals surface area contributed by atoms with Crippen molar-refractivity contribution in [3.8, 4) is 0 Å². The van der Waals surface area contributed by atoms with Crippen molar-refractivity contribution in [3.63, 3.8) is 0 Å². The average molecular weight is 330 g/mol. The molecule has 1 unspecified atom stereocenters. The molecule has 0 spiro atoms. The number of likely N-dealkylation sites (tertiary alicyclic amines) is 1. The van der Waals surface area contributed by atoms with E-state index in [1.807, 2.05) is 18.5 Å². The van der Waals surface area contributed by atoms with Crippen LogP contribution in [0, 0.1) is 0 Å². The minimum Gasteiger partial charge on any atom is -0.340 e. The Labute approximate surface area is 145 Å². The second-order valence-corrected chi connectivity index (χ2v) is 7.19. The number of amides is 1. The zero-order valence-corrected chi connectivity index (χ0v) is 14.9. The first kappa shape index (κ1) is 17.4. The Morgan fingerprint density at radius 1 is 1.21 bits per heavy atom. The molecule has 1 aromatic heterocycles. The number of piperidine rings is 1. The molecule has 24 heavy (non-hydrogen) atoms. The molecular weight excluding hydrogens is 300 g/mol. The highest BCUT2D eigenvalue weighted by Crippen LogP contribution is 2.19. The Morgan fingerprint density at radius 3 is 2.75 bits per heavy atom. The molecule has 1 aromatic rings. The Morgan fingerprint density at radius 2 is 2.04 bits per heavy atom. The Hall–Kier alpha value is -1.46. The third-order valence-corrected chi connectivity index (χ3v) is 5.47. The molecule has 0 saturated carbocycles. The Balaban J connectivity index is 1.38. The van der Waals surface area contributed by atoms with Crippen LogP contribution in [0.1, 0.15) is 37.7 Å². The van der Waals surface area contributed by atoms with Gasteiger partial charge in [0.05, 0.1) is 0 Å². The van der Waals surface area contributed by atoms with Crippen LogP contribution in [0.15, 0.2) is 24.5 Å². The fourth-order valence-corrected chi connectivity index (χ4v) is 3.86. The lowest BCUT2D eigenvalue weighted by Crippen LogP contribution is -2.48. The fourth-order valence-electron chi connectivity index (χ4n) is 3.86. The third-order valence-electron chi connectivity index (χ3n) is 5.47. The van der Waals surface area contributed by atoms with Crippen LogP contribution in [0.4, 0.5) is 0 Å². The number of carbonyl (C=O) groups is 1. The lowest BCUT2D eigenvalue weighted by Gasteiger charge is -2.36. The monoisotopic (exact) mass is 330 g/mol. The van der Waals surface area contributed by atoms with E-state index in [0.717, 1.165) is 39.1 Å². The van der Waals surface area contributed by atoms with Crippen LogP contribution in [0.3, 0.4) is 0 Å². The normalized spacial score (nSPS) is 23.4. The molecule has 0 radical (unpaired) electrons. The van der Waals surface area contributed by atoms with Gasteiger partial charge in [0.2, 0.25) is 5.91 Å². The van der Waals surface area contributed by atoms with E-state index in [-0.39, 0.29) is 0 Å². The number of carbonyl (C=O) groups excluding carboxylic acids is 1. The number of hydrogen-bond acceptors (Lipinski definition) is 4. The van der Waals surface area contributed by atoms with Gasteiger partial charge in [-0.25, -0.2) is 0 Å². The molecule has 2 aliphatic rings. The summed E-state index contributed by atoms with van der Waals surface area (Å²) in [6.45, 7) is 5.77. The standard InChI is InChI=1S/C19H30N4O/c1-21-10-3-2-6-18(21)7-8-19(24)23-13-11-22(12-14-23)16-17-5-4-9-20-15-17/h4-5,9,15,18H,2-3,6-8,10-14,16H2,1H3. The molecule has 0 aliphatic carbocycles. The van der Waals surface area contributed by atoms with Gasteiger partial charge in [0.15, 0.2) is 0 Å². The van der Waals surface area contributed by atoms with Crippen molar-refractivity contribution in [2.45, 2.75) is 44.7 Å². The number of hydrogen-bond donors (Lipinski definition) is 0. The van der Waals surface area contributed by atoms with Gasteiger partial charge in [0.25, 0.3) is 0 Å². The van der Waals surface area contributed by atoms with Crippen molar-refractivity contribution < 1.29 is 4.79 Å². The molecule has 0 aromatic carbocycles. The maximum atomic E-state index is 12.5. The van der Waals surface area contributed by atoms with Crippen LogP contribution in [0.2, 0.25) is 0 Å². The largest absolute Gasteiger partial charge is 0.340 e. The maximum absolute atomic E-state index is 12.5. The quantitative estimate of drug-likeness (QED) is 0.828. The van der Waals surface area contributed by atoms with Gasteiger partial charge in [0, 0.05) is 57.6 Å². The summed E-state index contributed by atoms with van der Waals surface area (Å²) in [7, 11) is 2.20. The van der Waals surface area contributed by atoms with E-state index < -0.39 is 0 Å². The smallest absolute Gasteiger partial charge is 0.222 e. The summed E-state index contributed by atoms with van der Waals surface area (Å²) in [5, 5.41) is 0. The number of piperazine rings is 1. The highest BCUT2D eigenvalue weighted by Gasteiger charge is 2.24. The van der Waals surface area contributed by atoms with Gasteiger partial charge >= 0.3 is 0 Å². The lowest BCUT2D eigenvalue weighted by atomic mass is 9.98. The van der Waals surface area contributed by atoms with Crippen LogP contribution in [-0.2, 0) is 11.3 Å². The maximum Gasteiger partial charge on any atom is 0.222 e. The second kappa shape index (κ2) is 8.58. The molecule has 5 heteroatoms. The van der Waals surface area contributed by atoms with Crippen molar-refractivity contribution >= 4 is 5.91 Å². The first-order chi connectivity index (χ1) is 11.7. The molecule has 5 nitrogen and oxygen atoms in total. The summed E-state index contributed by atoms with van der Waals surface area (Å²) in [6.07, 6.45) is 9.34.